The zero-order valence-electron chi connectivity index (χ0n) is 12.9. The third-order valence-corrected chi connectivity index (χ3v) is 3.95. The minimum absolute atomic E-state index is 0.305. The van der Waals surface area contributed by atoms with Crippen molar-refractivity contribution in [2.24, 2.45) is 0 Å². The minimum atomic E-state index is 0.305. The Morgan fingerprint density at radius 2 is 1.91 bits per heavy atom. The van der Waals surface area contributed by atoms with Crippen molar-refractivity contribution >= 4 is 0 Å². The molecule has 1 N–H and O–H groups in total. The predicted molar refractivity (Wildman–Crippen MR) is 86.8 cm³/mol. The summed E-state index contributed by atoms with van der Waals surface area (Å²) in [6.45, 7) is 5.13. The van der Waals surface area contributed by atoms with Crippen molar-refractivity contribution in [3.8, 4) is 5.69 Å². The Bertz CT molecular complexity index is 687. The Hall–Kier alpha value is -2.40. The molecule has 0 saturated carbocycles. The third-order valence-electron chi connectivity index (χ3n) is 3.95. The van der Waals surface area contributed by atoms with Crippen molar-refractivity contribution in [2.45, 2.75) is 32.5 Å². The summed E-state index contributed by atoms with van der Waals surface area (Å²) in [5.41, 5.74) is 2.25. The Kier molecular flexibility index (Phi) is 4.34. The van der Waals surface area contributed by atoms with Crippen molar-refractivity contribution in [3.63, 3.8) is 0 Å². The summed E-state index contributed by atoms with van der Waals surface area (Å²) < 4.78 is 3.88. The van der Waals surface area contributed by atoms with Crippen LogP contribution in [-0.4, -0.2) is 25.6 Å². The first-order valence-electron chi connectivity index (χ1n) is 7.55. The number of benzene rings is 1. The Morgan fingerprint density at radius 3 is 2.64 bits per heavy atom. The highest BCUT2D eigenvalue weighted by molar-refractivity contribution is 5.30. The lowest BCUT2D eigenvalue weighted by atomic mass is 10.1. The van der Waals surface area contributed by atoms with Crippen molar-refractivity contribution in [3.05, 3.63) is 66.7 Å². The van der Waals surface area contributed by atoms with E-state index in [0.29, 0.717) is 12.1 Å². The van der Waals surface area contributed by atoms with Crippen LogP contribution in [0.2, 0.25) is 0 Å². The normalized spacial score (nSPS) is 13.9. The van der Waals surface area contributed by atoms with E-state index >= 15 is 0 Å². The molecule has 5 heteroatoms. The average Bonchev–Trinajstić information content (AvgIpc) is 3.24. The van der Waals surface area contributed by atoms with Crippen molar-refractivity contribution in [1.82, 2.24) is 24.9 Å². The lowest BCUT2D eigenvalue weighted by Gasteiger charge is -2.21. The molecule has 5 nitrogen and oxygen atoms in total. The van der Waals surface area contributed by atoms with Crippen LogP contribution in [0.25, 0.3) is 5.69 Å². The van der Waals surface area contributed by atoms with E-state index in [4.69, 9.17) is 0 Å². The van der Waals surface area contributed by atoms with Gasteiger partial charge in [0, 0.05) is 36.7 Å². The number of nitrogens with one attached hydrogen (secondary N) is 1. The van der Waals surface area contributed by atoms with E-state index in [1.54, 1.807) is 0 Å². The van der Waals surface area contributed by atoms with Gasteiger partial charge in [-0.2, -0.15) is 10.2 Å². The van der Waals surface area contributed by atoms with Crippen molar-refractivity contribution in [2.75, 3.05) is 0 Å². The standard InChI is InChI=1S/C17H21N5/c1-14(15(2)21-10-6-9-19-21)18-11-16-12-20-22(13-16)17-7-4-3-5-8-17/h3-10,12-15,18H,11H2,1-2H3/t14-,15-/m0/s1. The second-order valence-corrected chi connectivity index (χ2v) is 5.52. The summed E-state index contributed by atoms with van der Waals surface area (Å²) >= 11 is 0. The zero-order valence-corrected chi connectivity index (χ0v) is 12.9. The van der Waals surface area contributed by atoms with Crippen LogP contribution in [0.3, 0.4) is 0 Å². The van der Waals surface area contributed by atoms with Crippen LogP contribution >= 0.6 is 0 Å². The highest BCUT2D eigenvalue weighted by Gasteiger charge is 2.13. The highest BCUT2D eigenvalue weighted by Crippen LogP contribution is 2.11. The van der Waals surface area contributed by atoms with Gasteiger partial charge in [-0.3, -0.25) is 4.68 Å². The number of para-hydroxylation sites is 1. The molecule has 114 valence electrons. The molecule has 0 amide bonds. The first-order chi connectivity index (χ1) is 10.7. The van der Waals surface area contributed by atoms with Crippen LogP contribution in [0.4, 0.5) is 0 Å². The lowest BCUT2D eigenvalue weighted by molar-refractivity contribution is 0.365. The molecule has 0 spiro atoms. The van der Waals surface area contributed by atoms with E-state index in [0.717, 1.165) is 12.2 Å². The molecule has 0 bridgehead atoms. The molecule has 0 aliphatic heterocycles. The smallest absolute Gasteiger partial charge is 0.0645 e. The average molecular weight is 295 g/mol. The van der Waals surface area contributed by atoms with Crippen LogP contribution in [0, 0.1) is 0 Å². The minimum Gasteiger partial charge on any atom is -0.308 e. The fourth-order valence-corrected chi connectivity index (χ4v) is 2.37. The van der Waals surface area contributed by atoms with Gasteiger partial charge in [-0.1, -0.05) is 18.2 Å². The summed E-state index contributed by atoms with van der Waals surface area (Å²) in [4.78, 5) is 0. The SMILES string of the molecule is C[C@H](NCc1cnn(-c2ccccc2)c1)[C@H](C)n1cccn1. The van der Waals surface area contributed by atoms with E-state index in [-0.39, 0.29) is 0 Å². The molecule has 0 unspecified atom stereocenters. The molecule has 3 aromatic rings. The quantitative estimate of drug-likeness (QED) is 0.760. The molecule has 3 rings (SSSR count). The van der Waals surface area contributed by atoms with E-state index < -0.39 is 0 Å². The molecule has 1 aromatic carbocycles. The predicted octanol–water partition coefficient (Wildman–Crippen LogP) is 2.81. The van der Waals surface area contributed by atoms with Crippen molar-refractivity contribution in [1.29, 1.82) is 0 Å². The Labute approximate surface area is 130 Å². The van der Waals surface area contributed by atoms with Crippen LogP contribution in [-0.2, 0) is 6.54 Å². The molecule has 2 heterocycles. The molecule has 0 fully saturated rings. The molecule has 0 aliphatic carbocycles. The summed E-state index contributed by atoms with van der Waals surface area (Å²) in [7, 11) is 0. The second-order valence-electron chi connectivity index (χ2n) is 5.52. The molecule has 2 atom stereocenters. The molecule has 0 saturated heterocycles. The maximum Gasteiger partial charge on any atom is 0.0645 e. The van der Waals surface area contributed by atoms with E-state index in [1.807, 2.05) is 64.4 Å². The van der Waals surface area contributed by atoms with Gasteiger partial charge in [0.25, 0.3) is 0 Å². The van der Waals surface area contributed by atoms with Gasteiger partial charge in [-0.05, 0) is 32.0 Å². The van der Waals surface area contributed by atoms with Gasteiger partial charge in [0.05, 0.1) is 17.9 Å². The molecule has 2 aromatic heterocycles. The van der Waals surface area contributed by atoms with Crippen LogP contribution < -0.4 is 5.32 Å². The first kappa shape index (κ1) is 14.5. The zero-order chi connectivity index (χ0) is 15.4. The highest BCUT2D eigenvalue weighted by atomic mass is 15.3. The second kappa shape index (κ2) is 6.58. The fourth-order valence-electron chi connectivity index (χ4n) is 2.37. The van der Waals surface area contributed by atoms with Crippen LogP contribution in [0.5, 0.6) is 0 Å². The largest absolute Gasteiger partial charge is 0.308 e. The van der Waals surface area contributed by atoms with Gasteiger partial charge in [0.2, 0.25) is 0 Å². The number of rotatable bonds is 6. The van der Waals surface area contributed by atoms with Crippen molar-refractivity contribution < 1.29 is 0 Å². The van der Waals surface area contributed by atoms with Gasteiger partial charge in [0.1, 0.15) is 0 Å². The van der Waals surface area contributed by atoms with Gasteiger partial charge >= 0.3 is 0 Å². The fraction of sp³-hybridized carbons (Fsp3) is 0.294. The molecular weight excluding hydrogens is 274 g/mol. The first-order valence-corrected chi connectivity index (χ1v) is 7.55. The molecule has 22 heavy (non-hydrogen) atoms. The molecule has 0 aliphatic rings. The maximum absolute atomic E-state index is 4.42. The summed E-state index contributed by atoms with van der Waals surface area (Å²) in [5, 5.41) is 12.3. The van der Waals surface area contributed by atoms with Gasteiger partial charge in [0.15, 0.2) is 0 Å². The number of hydrogen-bond donors (Lipinski definition) is 1. The van der Waals surface area contributed by atoms with E-state index in [2.05, 4.69) is 35.6 Å². The summed E-state index contributed by atoms with van der Waals surface area (Å²) in [6, 6.07) is 12.7. The van der Waals surface area contributed by atoms with E-state index in [9.17, 15) is 0 Å². The number of hydrogen-bond acceptors (Lipinski definition) is 3. The number of nitrogens with zero attached hydrogens (tertiary/aromatic N) is 4. The molecule has 0 radical (unpaired) electrons. The van der Waals surface area contributed by atoms with Gasteiger partial charge in [-0.25, -0.2) is 4.68 Å². The topological polar surface area (TPSA) is 47.7 Å². The Morgan fingerprint density at radius 1 is 1.09 bits per heavy atom. The maximum atomic E-state index is 4.42. The van der Waals surface area contributed by atoms with E-state index in [1.165, 1.54) is 5.56 Å². The van der Waals surface area contributed by atoms with Crippen LogP contribution in [0.1, 0.15) is 25.5 Å². The summed E-state index contributed by atoms with van der Waals surface area (Å²) in [5.74, 6) is 0. The van der Waals surface area contributed by atoms with Crippen LogP contribution in [0.15, 0.2) is 61.2 Å². The lowest BCUT2D eigenvalue weighted by Crippen LogP contribution is -2.33. The Balaban J connectivity index is 1.59. The van der Waals surface area contributed by atoms with Gasteiger partial charge < -0.3 is 5.32 Å². The number of aromatic nitrogens is 4. The summed E-state index contributed by atoms with van der Waals surface area (Å²) in [6.07, 6.45) is 7.78. The monoisotopic (exact) mass is 295 g/mol. The molecular formula is C17H21N5. The third kappa shape index (κ3) is 3.26. The van der Waals surface area contributed by atoms with Gasteiger partial charge in [-0.15, -0.1) is 0 Å².